The quantitative estimate of drug-likeness (QED) is 0.889. The van der Waals surface area contributed by atoms with Crippen molar-refractivity contribution in [2.24, 2.45) is 5.92 Å². The number of fused-ring (bicyclic) bond motifs is 1. The molecule has 7 heteroatoms. The fourth-order valence-electron chi connectivity index (χ4n) is 2.77. The summed E-state index contributed by atoms with van der Waals surface area (Å²) in [5.74, 6) is -1.52. The van der Waals surface area contributed by atoms with Gasteiger partial charge in [0.15, 0.2) is 5.65 Å². The van der Waals surface area contributed by atoms with Crippen molar-refractivity contribution in [2.45, 2.75) is 19.8 Å². The van der Waals surface area contributed by atoms with Crippen LogP contribution in [0.2, 0.25) is 0 Å². The second-order valence-electron chi connectivity index (χ2n) is 5.28. The van der Waals surface area contributed by atoms with Crippen LogP contribution in [-0.4, -0.2) is 49.6 Å². The fourth-order valence-corrected chi connectivity index (χ4v) is 2.77. The lowest BCUT2D eigenvalue weighted by molar-refractivity contribution is -0.143. The maximum Gasteiger partial charge on any atom is 0.308 e. The molecule has 110 valence electrons. The molecule has 21 heavy (non-hydrogen) atoms. The molecule has 3 heterocycles. The number of aryl methyl sites for hydroxylation is 1. The van der Waals surface area contributed by atoms with Gasteiger partial charge in [0, 0.05) is 25.5 Å². The van der Waals surface area contributed by atoms with E-state index in [-0.39, 0.29) is 12.5 Å². The number of carbonyl (C=O) groups is 2. The van der Waals surface area contributed by atoms with Crippen LogP contribution in [-0.2, 0) is 4.79 Å². The first kappa shape index (κ1) is 13.5. The number of amides is 1. The number of aromatic nitrogens is 3. The summed E-state index contributed by atoms with van der Waals surface area (Å²) in [6.45, 7) is 2.59. The predicted molar refractivity (Wildman–Crippen MR) is 74.0 cm³/mol. The molecule has 0 aliphatic carbocycles. The van der Waals surface area contributed by atoms with Crippen molar-refractivity contribution in [3.05, 3.63) is 29.7 Å². The topological polar surface area (TPSA) is 87.8 Å². The molecule has 1 saturated heterocycles. The molecule has 7 nitrogen and oxygen atoms in total. The van der Waals surface area contributed by atoms with E-state index in [4.69, 9.17) is 5.11 Å². The van der Waals surface area contributed by atoms with Crippen molar-refractivity contribution in [1.82, 2.24) is 19.5 Å². The Bertz CT molecular complexity index is 709. The van der Waals surface area contributed by atoms with Crippen LogP contribution < -0.4 is 0 Å². The monoisotopic (exact) mass is 288 g/mol. The van der Waals surface area contributed by atoms with Crippen LogP contribution >= 0.6 is 0 Å². The lowest BCUT2D eigenvalue weighted by Crippen LogP contribution is -2.42. The molecule has 0 spiro atoms. The zero-order valence-corrected chi connectivity index (χ0v) is 11.7. The van der Waals surface area contributed by atoms with Crippen molar-refractivity contribution < 1.29 is 14.7 Å². The Labute approximate surface area is 121 Å². The van der Waals surface area contributed by atoms with Gasteiger partial charge in [-0.15, -0.1) is 0 Å². The molecule has 0 bridgehead atoms. The maximum atomic E-state index is 12.7. The molecule has 1 aliphatic rings. The number of nitrogens with zero attached hydrogens (tertiary/aromatic N) is 4. The number of carboxylic acids is 1. The van der Waals surface area contributed by atoms with Crippen LogP contribution in [0.1, 0.15) is 28.9 Å². The molecule has 0 saturated carbocycles. The molecular weight excluding hydrogens is 272 g/mol. The highest BCUT2D eigenvalue weighted by Crippen LogP contribution is 2.21. The highest BCUT2D eigenvalue weighted by atomic mass is 16.4. The Morgan fingerprint density at radius 3 is 3.00 bits per heavy atom. The first-order chi connectivity index (χ1) is 10.1. The Hall–Kier alpha value is -2.44. The molecule has 0 aromatic carbocycles. The Kier molecular flexibility index (Phi) is 3.32. The van der Waals surface area contributed by atoms with E-state index in [1.165, 1.54) is 0 Å². The lowest BCUT2D eigenvalue weighted by atomic mass is 9.97. The summed E-state index contributed by atoms with van der Waals surface area (Å²) in [6, 6.07) is 1.75. The van der Waals surface area contributed by atoms with Gasteiger partial charge in [-0.3, -0.25) is 9.59 Å². The molecular formula is C14H16N4O3. The van der Waals surface area contributed by atoms with Gasteiger partial charge in [0.25, 0.3) is 5.91 Å². The van der Waals surface area contributed by atoms with E-state index in [0.717, 1.165) is 0 Å². The summed E-state index contributed by atoms with van der Waals surface area (Å²) in [5.41, 5.74) is 1.58. The fraction of sp³-hybridized carbons (Fsp3) is 0.429. The van der Waals surface area contributed by atoms with Gasteiger partial charge in [0.05, 0.1) is 11.6 Å². The van der Waals surface area contributed by atoms with E-state index < -0.39 is 11.9 Å². The summed E-state index contributed by atoms with van der Waals surface area (Å²) in [7, 11) is 0. The van der Waals surface area contributed by atoms with Crippen molar-refractivity contribution in [1.29, 1.82) is 0 Å². The summed E-state index contributed by atoms with van der Waals surface area (Å²) in [6.07, 6.45) is 4.67. The van der Waals surface area contributed by atoms with Crippen LogP contribution in [0.5, 0.6) is 0 Å². The second-order valence-corrected chi connectivity index (χ2v) is 5.28. The van der Waals surface area contributed by atoms with Crippen molar-refractivity contribution in [3.63, 3.8) is 0 Å². The smallest absolute Gasteiger partial charge is 0.308 e. The van der Waals surface area contributed by atoms with E-state index >= 15 is 0 Å². The number of carboxylic acid groups (broad SMARTS) is 1. The third kappa shape index (κ3) is 2.35. The Morgan fingerprint density at radius 2 is 2.24 bits per heavy atom. The van der Waals surface area contributed by atoms with Gasteiger partial charge < -0.3 is 10.0 Å². The maximum absolute atomic E-state index is 12.7. The molecule has 1 N–H and O–H groups in total. The number of piperidine rings is 1. The van der Waals surface area contributed by atoms with Crippen molar-refractivity contribution in [2.75, 3.05) is 13.1 Å². The van der Waals surface area contributed by atoms with E-state index in [0.29, 0.717) is 36.3 Å². The van der Waals surface area contributed by atoms with Gasteiger partial charge in [-0.05, 0) is 25.8 Å². The number of likely N-dealkylation sites (tertiary alicyclic amines) is 1. The number of rotatable bonds is 2. The molecule has 0 radical (unpaired) electrons. The molecule has 2 aromatic heterocycles. The second kappa shape index (κ2) is 5.16. The molecule has 1 aliphatic heterocycles. The minimum Gasteiger partial charge on any atom is -0.481 e. The van der Waals surface area contributed by atoms with Crippen molar-refractivity contribution in [3.8, 4) is 0 Å². The lowest BCUT2D eigenvalue weighted by Gasteiger charge is -2.30. The third-order valence-corrected chi connectivity index (χ3v) is 3.84. The largest absolute Gasteiger partial charge is 0.481 e. The first-order valence-corrected chi connectivity index (χ1v) is 6.90. The summed E-state index contributed by atoms with van der Waals surface area (Å²) >= 11 is 0. The van der Waals surface area contributed by atoms with Crippen LogP contribution in [0.4, 0.5) is 0 Å². The summed E-state index contributed by atoms with van der Waals surface area (Å²) in [4.78, 5) is 29.6. The number of hydrogen-bond acceptors (Lipinski definition) is 4. The molecule has 3 rings (SSSR count). The highest BCUT2D eigenvalue weighted by Gasteiger charge is 2.31. The first-order valence-electron chi connectivity index (χ1n) is 6.90. The summed E-state index contributed by atoms with van der Waals surface area (Å²) in [5, 5.41) is 13.4. The van der Waals surface area contributed by atoms with Gasteiger partial charge in [-0.25, -0.2) is 9.50 Å². The van der Waals surface area contributed by atoms with Crippen LogP contribution in [0.15, 0.2) is 18.5 Å². The number of aliphatic carboxylic acids is 1. The van der Waals surface area contributed by atoms with Crippen LogP contribution in [0.3, 0.4) is 0 Å². The number of carbonyl (C=O) groups excluding carboxylic acids is 1. The minimum atomic E-state index is -0.845. The highest BCUT2D eigenvalue weighted by molar-refractivity contribution is 6.01. The minimum absolute atomic E-state index is 0.188. The molecule has 1 fully saturated rings. The Balaban J connectivity index is 1.93. The average Bonchev–Trinajstić information content (AvgIpc) is 2.82. The Morgan fingerprint density at radius 1 is 1.43 bits per heavy atom. The third-order valence-electron chi connectivity index (χ3n) is 3.84. The van der Waals surface area contributed by atoms with E-state index in [1.54, 1.807) is 34.8 Å². The van der Waals surface area contributed by atoms with E-state index in [9.17, 15) is 9.59 Å². The normalized spacial score (nSPS) is 18.9. The van der Waals surface area contributed by atoms with Gasteiger partial charge in [0.1, 0.15) is 5.56 Å². The molecule has 1 unspecified atom stereocenters. The van der Waals surface area contributed by atoms with Gasteiger partial charge in [-0.2, -0.15) is 5.10 Å². The molecule has 2 aromatic rings. The van der Waals surface area contributed by atoms with E-state index in [1.807, 2.05) is 0 Å². The van der Waals surface area contributed by atoms with Crippen LogP contribution in [0, 0.1) is 12.8 Å². The van der Waals surface area contributed by atoms with Crippen LogP contribution in [0.25, 0.3) is 5.65 Å². The molecule has 1 amide bonds. The summed E-state index contributed by atoms with van der Waals surface area (Å²) < 4.78 is 1.57. The van der Waals surface area contributed by atoms with Gasteiger partial charge in [-0.1, -0.05) is 0 Å². The zero-order chi connectivity index (χ0) is 15.0. The van der Waals surface area contributed by atoms with Crippen molar-refractivity contribution >= 4 is 17.5 Å². The zero-order valence-electron chi connectivity index (χ0n) is 11.7. The molecule has 1 atom stereocenters. The van der Waals surface area contributed by atoms with E-state index in [2.05, 4.69) is 10.1 Å². The van der Waals surface area contributed by atoms with Gasteiger partial charge in [0.2, 0.25) is 0 Å². The number of hydrogen-bond donors (Lipinski definition) is 1. The van der Waals surface area contributed by atoms with Gasteiger partial charge >= 0.3 is 5.97 Å². The SMILES string of the molecule is Cc1nn2cccnc2c1C(=O)N1CCCC(C(=O)O)C1. The predicted octanol–water partition coefficient (Wildman–Crippen LogP) is 0.975. The standard InChI is InChI=1S/C14H16N4O3/c1-9-11(12-15-5-3-7-18(12)16-9)13(19)17-6-2-4-10(8-17)14(20)21/h3,5,7,10H,2,4,6,8H2,1H3,(H,20,21). The average molecular weight is 288 g/mol.